The summed E-state index contributed by atoms with van der Waals surface area (Å²) in [6, 6.07) is 10.2. The third kappa shape index (κ3) is 2.67. The van der Waals surface area contributed by atoms with Crippen molar-refractivity contribution in [3.05, 3.63) is 53.4 Å². The van der Waals surface area contributed by atoms with Crippen molar-refractivity contribution in [1.82, 2.24) is 10.5 Å². The number of benzene rings is 1. The van der Waals surface area contributed by atoms with Crippen LogP contribution in [0.1, 0.15) is 16.9 Å². The summed E-state index contributed by atoms with van der Waals surface area (Å²) < 4.78 is 4.99. The van der Waals surface area contributed by atoms with Crippen LogP contribution in [0.15, 0.2) is 41.1 Å². The fraction of sp³-hybridized carbons (Fsp3) is 0.250. The highest BCUT2D eigenvalue weighted by atomic mass is 16.5. The van der Waals surface area contributed by atoms with Crippen molar-refractivity contribution >= 4 is 0 Å². The molecule has 1 aromatic heterocycles. The number of hydrogen-bond acceptors (Lipinski definition) is 3. The van der Waals surface area contributed by atoms with Crippen molar-refractivity contribution in [1.29, 1.82) is 0 Å². The molecule has 3 nitrogen and oxygen atoms in total. The molecule has 0 atom stereocenters. The fourth-order valence-corrected chi connectivity index (χ4v) is 1.46. The topological polar surface area (TPSA) is 38.1 Å². The van der Waals surface area contributed by atoms with Gasteiger partial charge >= 0.3 is 0 Å². The van der Waals surface area contributed by atoms with Gasteiger partial charge in [-0.2, -0.15) is 0 Å². The summed E-state index contributed by atoms with van der Waals surface area (Å²) in [7, 11) is 0. The molecule has 1 aromatic carbocycles. The standard InChI is InChI=1S/C12H14N2O/c1-10-4-2-3-5-11(10)8-13-9-12-6-7-14-15-12/h2-7,13H,8-9H2,1H3. The van der Waals surface area contributed by atoms with Crippen LogP contribution in [0.2, 0.25) is 0 Å². The van der Waals surface area contributed by atoms with Gasteiger partial charge in [-0.1, -0.05) is 29.4 Å². The molecule has 0 fully saturated rings. The van der Waals surface area contributed by atoms with Crippen LogP contribution in [-0.4, -0.2) is 5.16 Å². The SMILES string of the molecule is Cc1ccccc1CNCc1ccno1. The summed E-state index contributed by atoms with van der Waals surface area (Å²) in [6.07, 6.45) is 1.66. The third-order valence-corrected chi connectivity index (χ3v) is 2.37. The van der Waals surface area contributed by atoms with Gasteiger partial charge in [0.25, 0.3) is 0 Å². The summed E-state index contributed by atoms with van der Waals surface area (Å²) in [5, 5.41) is 6.96. The zero-order valence-electron chi connectivity index (χ0n) is 8.73. The van der Waals surface area contributed by atoms with Crippen LogP contribution in [0.25, 0.3) is 0 Å². The Bertz CT molecular complexity index is 409. The van der Waals surface area contributed by atoms with Crippen LogP contribution in [0, 0.1) is 6.92 Å². The Morgan fingerprint density at radius 2 is 2.07 bits per heavy atom. The number of nitrogens with zero attached hydrogens (tertiary/aromatic N) is 1. The van der Waals surface area contributed by atoms with E-state index >= 15 is 0 Å². The van der Waals surface area contributed by atoms with Crippen molar-refractivity contribution in [3.8, 4) is 0 Å². The van der Waals surface area contributed by atoms with Gasteiger partial charge in [0.1, 0.15) is 5.76 Å². The summed E-state index contributed by atoms with van der Waals surface area (Å²) >= 11 is 0. The van der Waals surface area contributed by atoms with Crippen molar-refractivity contribution in [3.63, 3.8) is 0 Å². The molecular formula is C12H14N2O. The van der Waals surface area contributed by atoms with Gasteiger partial charge < -0.3 is 9.84 Å². The van der Waals surface area contributed by atoms with E-state index in [1.54, 1.807) is 6.20 Å². The lowest BCUT2D eigenvalue weighted by molar-refractivity contribution is 0.372. The van der Waals surface area contributed by atoms with Gasteiger partial charge in [-0.25, -0.2) is 0 Å². The second-order valence-electron chi connectivity index (χ2n) is 3.51. The second-order valence-corrected chi connectivity index (χ2v) is 3.51. The smallest absolute Gasteiger partial charge is 0.150 e. The zero-order chi connectivity index (χ0) is 10.5. The first-order valence-electron chi connectivity index (χ1n) is 5.01. The van der Waals surface area contributed by atoms with Crippen LogP contribution in [-0.2, 0) is 13.1 Å². The minimum Gasteiger partial charge on any atom is -0.360 e. The van der Waals surface area contributed by atoms with E-state index in [2.05, 4.69) is 41.7 Å². The summed E-state index contributed by atoms with van der Waals surface area (Å²) in [5.41, 5.74) is 2.62. The quantitative estimate of drug-likeness (QED) is 0.826. The Labute approximate surface area is 89.1 Å². The highest BCUT2D eigenvalue weighted by molar-refractivity contribution is 5.25. The van der Waals surface area contributed by atoms with E-state index in [1.165, 1.54) is 11.1 Å². The van der Waals surface area contributed by atoms with Gasteiger partial charge in [0.2, 0.25) is 0 Å². The van der Waals surface area contributed by atoms with Crippen molar-refractivity contribution in [2.75, 3.05) is 0 Å². The lowest BCUT2D eigenvalue weighted by Gasteiger charge is -2.05. The van der Waals surface area contributed by atoms with Gasteiger partial charge in [0.15, 0.2) is 0 Å². The van der Waals surface area contributed by atoms with E-state index in [0.29, 0.717) is 6.54 Å². The molecule has 78 valence electrons. The Kier molecular flexibility index (Phi) is 3.15. The van der Waals surface area contributed by atoms with E-state index in [0.717, 1.165) is 12.3 Å². The molecule has 0 aliphatic rings. The molecule has 0 bridgehead atoms. The molecule has 0 saturated carbocycles. The Balaban J connectivity index is 1.86. The lowest BCUT2D eigenvalue weighted by atomic mass is 10.1. The monoisotopic (exact) mass is 202 g/mol. The molecule has 0 saturated heterocycles. The lowest BCUT2D eigenvalue weighted by Crippen LogP contribution is -2.12. The van der Waals surface area contributed by atoms with Crippen LogP contribution in [0.3, 0.4) is 0 Å². The zero-order valence-corrected chi connectivity index (χ0v) is 8.73. The summed E-state index contributed by atoms with van der Waals surface area (Å²) in [5.74, 6) is 0.864. The third-order valence-electron chi connectivity index (χ3n) is 2.37. The first-order chi connectivity index (χ1) is 7.36. The number of rotatable bonds is 4. The molecule has 0 aliphatic heterocycles. The molecule has 15 heavy (non-hydrogen) atoms. The molecule has 1 N–H and O–H groups in total. The molecular weight excluding hydrogens is 188 g/mol. The average Bonchev–Trinajstić information content (AvgIpc) is 2.74. The summed E-state index contributed by atoms with van der Waals surface area (Å²) in [4.78, 5) is 0. The van der Waals surface area contributed by atoms with E-state index in [4.69, 9.17) is 4.52 Å². The molecule has 0 spiro atoms. The van der Waals surface area contributed by atoms with Crippen LogP contribution < -0.4 is 5.32 Å². The van der Waals surface area contributed by atoms with Crippen LogP contribution in [0.5, 0.6) is 0 Å². The number of aromatic nitrogens is 1. The maximum atomic E-state index is 4.99. The maximum Gasteiger partial charge on any atom is 0.150 e. The van der Waals surface area contributed by atoms with E-state index in [9.17, 15) is 0 Å². The normalized spacial score (nSPS) is 10.5. The molecule has 2 rings (SSSR count). The van der Waals surface area contributed by atoms with Crippen molar-refractivity contribution < 1.29 is 4.52 Å². The minimum absolute atomic E-state index is 0.717. The van der Waals surface area contributed by atoms with Crippen LogP contribution in [0.4, 0.5) is 0 Å². The first kappa shape index (κ1) is 9.93. The van der Waals surface area contributed by atoms with E-state index in [-0.39, 0.29) is 0 Å². The van der Waals surface area contributed by atoms with Gasteiger partial charge in [-0.3, -0.25) is 0 Å². The van der Waals surface area contributed by atoms with Gasteiger partial charge in [-0.15, -0.1) is 0 Å². The molecule has 3 heteroatoms. The predicted octanol–water partition coefficient (Wildman–Crippen LogP) is 2.27. The average molecular weight is 202 g/mol. The second kappa shape index (κ2) is 4.75. The van der Waals surface area contributed by atoms with Gasteiger partial charge in [0, 0.05) is 12.6 Å². The number of hydrogen-bond donors (Lipinski definition) is 1. The Morgan fingerprint density at radius 3 is 2.80 bits per heavy atom. The van der Waals surface area contributed by atoms with Gasteiger partial charge in [0.05, 0.1) is 12.7 Å². The number of aryl methyl sites for hydroxylation is 1. The van der Waals surface area contributed by atoms with Crippen molar-refractivity contribution in [2.24, 2.45) is 0 Å². The molecule has 0 unspecified atom stereocenters. The van der Waals surface area contributed by atoms with Gasteiger partial charge in [-0.05, 0) is 18.1 Å². The molecule has 0 amide bonds. The minimum atomic E-state index is 0.717. The van der Waals surface area contributed by atoms with Crippen LogP contribution >= 0.6 is 0 Å². The molecule has 2 aromatic rings. The molecule has 1 heterocycles. The fourth-order valence-electron chi connectivity index (χ4n) is 1.46. The summed E-state index contributed by atoms with van der Waals surface area (Å²) in [6.45, 7) is 3.69. The predicted molar refractivity (Wildman–Crippen MR) is 58.2 cm³/mol. The highest BCUT2D eigenvalue weighted by Gasteiger charge is 1.98. The highest BCUT2D eigenvalue weighted by Crippen LogP contribution is 2.06. The largest absolute Gasteiger partial charge is 0.360 e. The van der Waals surface area contributed by atoms with E-state index < -0.39 is 0 Å². The first-order valence-corrected chi connectivity index (χ1v) is 5.01. The molecule has 0 aliphatic carbocycles. The van der Waals surface area contributed by atoms with Crippen molar-refractivity contribution in [2.45, 2.75) is 20.0 Å². The number of nitrogens with one attached hydrogen (secondary N) is 1. The molecule has 0 radical (unpaired) electrons. The van der Waals surface area contributed by atoms with E-state index in [1.807, 2.05) is 6.07 Å². The maximum absolute atomic E-state index is 4.99. The Hall–Kier alpha value is -1.61. The Morgan fingerprint density at radius 1 is 1.20 bits per heavy atom.